The van der Waals surface area contributed by atoms with Gasteiger partial charge in [0, 0.05) is 56.4 Å². The van der Waals surface area contributed by atoms with E-state index in [1.807, 2.05) is 11.6 Å². The number of aliphatic imine (C=N–C) groups is 1. The number of fused-ring (bicyclic) bond motifs is 3. The molecule has 5 rings (SSSR count). The normalized spacial score (nSPS) is 22.7. The van der Waals surface area contributed by atoms with E-state index in [9.17, 15) is 4.79 Å². The number of benzene rings is 1. The highest BCUT2D eigenvalue weighted by Crippen LogP contribution is 2.32. The lowest BCUT2D eigenvalue weighted by Gasteiger charge is -2.35. The highest BCUT2D eigenvalue weighted by Gasteiger charge is 2.33. The molecule has 1 fully saturated rings. The molecule has 1 aromatic carbocycles. The first kappa shape index (κ1) is 16.9. The molecule has 1 amide bonds. The van der Waals surface area contributed by atoms with Crippen LogP contribution in [0.2, 0.25) is 0 Å². The summed E-state index contributed by atoms with van der Waals surface area (Å²) in [6.07, 6.45) is 3.78. The number of rotatable bonds is 3. The molecule has 27 heavy (non-hydrogen) atoms. The van der Waals surface area contributed by atoms with Crippen LogP contribution in [0.3, 0.4) is 0 Å². The fourth-order valence-corrected chi connectivity index (χ4v) is 4.93. The molecule has 0 saturated carbocycles. The van der Waals surface area contributed by atoms with E-state index in [0.717, 1.165) is 74.2 Å². The Morgan fingerprint density at radius 1 is 1.22 bits per heavy atom. The number of hydrogen-bond acceptors (Lipinski definition) is 6. The molecule has 0 bridgehead atoms. The van der Waals surface area contributed by atoms with E-state index in [-0.39, 0.29) is 11.8 Å². The smallest absolute Gasteiger partial charge is 0.233 e. The molecule has 1 unspecified atom stereocenters. The number of carbonyl (C=O) groups is 1. The molecular formula is C20H23N5OS. The van der Waals surface area contributed by atoms with Crippen molar-refractivity contribution in [3.63, 3.8) is 0 Å². The Bertz CT molecular complexity index is 871. The number of nitrogens with one attached hydrogen (secondary N) is 1. The van der Waals surface area contributed by atoms with E-state index in [2.05, 4.69) is 43.3 Å². The molecule has 140 valence electrons. The van der Waals surface area contributed by atoms with Crippen molar-refractivity contribution in [2.45, 2.75) is 19.4 Å². The van der Waals surface area contributed by atoms with Crippen molar-refractivity contribution in [3.05, 3.63) is 40.9 Å². The molecule has 0 aliphatic carbocycles. The summed E-state index contributed by atoms with van der Waals surface area (Å²) in [5.41, 5.74) is 4.27. The first-order valence-electron chi connectivity index (χ1n) is 9.63. The molecular weight excluding hydrogens is 358 g/mol. The maximum Gasteiger partial charge on any atom is 0.233 e. The molecule has 1 N–H and O–H groups in total. The number of amides is 1. The second-order valence-corrected chi connectivity index (χ2v) is 8.28. The SMILES string of the molecule is O=C1Nc2cc(CN3CCN(c4nccs4)CC3)ccc2C2=NCCCC12. The fourth-order valence-electron chi connectivity index (χ4n) is 4.23. The van der Waals surface area contributed by atoms with Gasteiger partial charge < -0.3 is 10.2 Å². The summed E-state index contributed by atoms with van der Waals surface area (Å²) in [7, 11) is 0. The van der Waals surface area contributed by atoms with Crippen LogP contribution in [0.15, 0.2) is 34.8 Å². The number of thiazole rings is 1. The van der Waals surface area contributed by atoms with Gasteiger partial charge in [0.2, 0.25) is 5.91 Å². The average Bonchev–Trinajstić information content (AvgIpc) is 3.23. The number of hydrogen-bond donors (Lipinski definition) is 1. The molecule has 1 aromatic heterocycles. The Kier molecular flexibility index (Phi) is 4.41. The van der Waals surface area contributed by atoms with Crippen LogP contribution in [0, 0.1) is 5.92 Å². The lowest BCUT2D eigenvalue weighted by atomic mass is 9.85. The molecule has 0 spiro atoms. The number of anilines is 2. The van der Waals surface area contributed by atoms with Gasteiger partial charge in [-0.15, -0.1) is 11.3 Å². The summed E-state index contributed by atoms with van der Waals surface area (Å²) in [5, 5.41) is 6.26. The van der Waals surface area contributed by atoms with Gasteiger partial charge in [0.05, 0.1) is 17.3 Å². The van der Waals surface area contributed by atoms with Crippen LogP contribution in [-0.4, -0.2) is 54.2 Å². The monoisotopic (exact) mass is 381 g/mol. The molecule has 3 aliphatic rings. The molecule has 0 radical (unpaired) electrons. The maximum atomic E-state index is 12.4. The van der Waals surface area contributed by atoms with Crippen molar-refractivity contribution >= 4 is 33.8 Å². The van der Waals surface area contributed by atoms with Gasteiger partial charge in [-0.05, 0) is 24.5 Å². The zero-order valence-corrected chi connectivity index (χ0v) is 16.0. The van der Waals surface area contributed by atoms with Crippen LogP contribution in [0.5, 0.6) is 0 Å². The van der Waals surface area contributed by atoms with Gasteiger partial charge in [-0.1, -0.05) is 12.1 Å². The number of aromatic nitrogens is 1. The Balaban J connectivity index is 1.28. The Morgan fingerprint density at radius 3 is 2.93 bits per heavy atom. The van der Waals surface area contributed by atoms with Gasteiger partial charge in [-0.2, -0.15) is 0 Å². The van der Waals surface area contributed by atoms with Crippen LogP contribution >= 0.6 is 11.3 Å². The molecule has 6 nitrogen and oxygen atoms in total. The zero-order valence-electron chi connectivity index (χ0n) is 15.2. The van der Waals surface area contributed by atoms with E-state index in [4.69, 9.17) is 0 Å². The fraction of sp³-hybridized carbons (Fsp3) is 0.450. The average molecular weight is 382 g/mol. The second-order valence-electron chi connectivity index (χ2n) is 7.41. The Hall–Kier alpha value is -2.25. The van der Waals surface area contributed by atoms with Crippen molar-refractivity contribution in [3.8, 4) is 0 Å². The van der Waals surface area contributed by atoms with E-state index in [1.165, 1.54) is 5.56 Å². The van der Waals surface area contributed by atoms with Crippen molar-refractivity contribution in [2.24, 2.45) is 10.9 Å². The van der Waals surface area contributed by atoms with Crippen molar-refractivity contribution in [2.75, 3.05) is 42.9 Å². The minimum Gasteiger partial charge on any atom is -0.346 e. The first-order chi connectivity index (χ1) is 13.3. The molecule has 1 atom stereocenters. The van der Waals surface area contributed by atoms with E-state index < -0.39 is 0 Å². The second kappa shape index (κ2) is 7.05. The summed E-state index contributed by atoms with van der Waals surface area (Å²) in [4.78, 5) is 26.3. The predicted molar refractivity (Wildman–Crippen MR) is 109 cm³/mol. The van der Waals surface area contributed by atoms with Crippen molar-refractivity contribution in [1.82, 2.24) is 9.88 Å². The predicted octanol–water partition coefficient (Wildman–Crippen LogP) is 2.62. The minimum atomic E-state index is -0.0592. The van der Waals surface area contributed by atoms with Crippen LogP contribution in [-0.2, 0) is 11.3 Å². The largest absolute Gasteiger partial charge is 0.346 e. The van der Waals surface area contributed by atoms with Crippen molar-refractivity contribution in [1.29, 1.82) is 0 Å². The molecule has 7 heteroatoms. The van der Waals surface area contributed by atoms with Crippen LogP contribution in [0.4, 0.5) is 10.8 Å². The van der Waals surface area contributed by atoms with Crippen LogP contribution in [0.25, 0.3) is 0 Å². The van der Waals surface area contributed by atoms with Gasteiger partial charge in [0.25, 0.3) is 0 Å². The topological polar surface area (TPSA) is 60.8 Å². The third kappa shape index (κ3) is 3.26. The number of carbonyl (C=O) groups excluding carboxylic acids is 1. The summed E-state index contributed by atoms with van der Waals surface area (Å²) < 4.78 is 0. The van der Waals surface area contributed by atoms with Crippen molar-refractivity contribution < 1.29 is 4.79 Å². The van der Waals surface area contributed by atoms with Gasteiger partial charge >= 0.3 is 0 Å². The molecule has 4 heterocycles. The summed E-state index contributed by atoms with van der Waals surface area (Å²) in [5.74, 6) is 0.0474. The third-order valence-electron chi connectivity index (χ3n) is 5.67. The summed E-state index contributed by atoms with van der Waals surface area (Å²) >= 11 is 1.70. The lowest BCUT2D eigenvalue weighted by molar-refractivity contribution is -0.118. The quantitative estimate of drug-likeness (QED) is 0.888. The van der Waals surface area contributed by atoms with Gasteiger partial charge in [-0.25, -0.2) is 4.98 Å². The molecule has 1 saturated heterocycles. The van der Waals surface area contributed by atoms with E-state index in [0.29, 0.717) is 0 Å². The first-order valence-corrected chi connectivity index (χ1v) is 10.5. The van der Waals surface area contributed by atoms with Gasteiger partial charge in [0.15, 0.2) is 5.13 Å². The third-order valence-corrected chi connectivity index (χ3v) is 6.50. The Morgan fingerprint density at radius 2 is 2.11 bits per heavy atom. The van der Waals surface area contributed by atoms with Gasteiger partial charge in [0.1, 0.15) is 0 Å². The molecule has 2 aromatic rings. The van der Waals surface area contributed by atoms with E-state index >= 15 is 0 Å². The highest BCUT2D eigenvalue weighted by atomic mass is 32.1. The summed E-state index contributed by atoms with van der Waals surface area (Å²) in [6.45, 7) is 5.81. The molecule has 3 aliphatic heterocycles. The standard InChI is InChI=1S/C20H23N5OS/c26-19-16-2-1-5-21-18(16)15-4-3-14(12-17(15)23-19)13-24-7-9-25(10-8-24)20-22-6-11-27-20/h3-4,6,11-12,16H,1-2,5,7-10,13H2,(H,23,26). The van der Waals surface area contributed by atoms with E-state index in [1.54, 1.807) is 11.3 Å². The number of nitrogens with zero attached hydrogens (tertiary/aromatic N) is 4. The summed E-state index contributed by atoms with van der Waals surface area (Å²) in [6, 6.07) is 6.47. The Labute approximate surface area is 162 Å². The maximum absolute atomic E-state index is 12.4. The highest BCUT2D eigenvalue weighted by molar-refractivity contribution is 7.13. The number of piperazine rings is 1. The minimum absolute atomic E-state index is 0.0592. The van der Waals surface area contributed by atoms with Crippen LogP contribution < -0.4 is 10.2 Å². The zero-order chi connectivity index (χ0) is 18.2. The van der Waals surface area contributed by atoms with Crippen LogP contribution in [0.1, 0.15) is 24.0 Å². The lowest BCUT2D eigenvalue weighted by Crippen LogP contribution is -2.46. The van der Waals surface area contributed by atoms with Gasteiger partial charge in [-0.3, -0.25) is 14.7 Å².